The minimum absolute atomic E-state index is 0.0236. The zero-order valence-electron chi connectivity index (χ0n) is 10.7. The van der Waals surface area contributed by atoms with Gasteiger partial charge in [-0.25, -0.2) is 0 Å². The molecule has 0 atom stereocenters. The Labute approximate surface area is 119 Å². The van der Waals surface area contributed by atoms with Crippen molar-refractivity contribution in [2.75, 3.05) is 26.3 Å². The zero-order valence-corrected chi connectivity index (χ0v) is 11.5. The predicted molar refractivity (Wildman–Crippen MR) is 69.5 cm³/mol. The van der Waals surface area contributed by atoms with Crippen LogP contribution in [0.3, 0.4) is 0 Å². The van der Waals surface area contributed by atoms with Gasteiger partial charge in [0.2, 0.25) is 5.91 Å². The van der Waals surface area contributed by atoms with Gasteiger partial charge in [-0.2, -0.15) is 13.2 Å². The Morgan fingerprint density at radius 3 is 2.35 bits per heavy atom. The number of benzene rings is 1. The summed E-state index contributed by atoms with van der Waals surface area (Å²) in [5.41, 5.74) is -3.57. The van der Waals surface area contributed by atoms with Crippen LogP contribution in [0.2, 0.25) is 0 Å². The quantitative estimate of drug-likeness (QED) is 0.804. The molecule has 0 saturated carbocycles. The summed E-state index contributed by atoms with van der Waals surface area (Å²) < 4.78 is 41.7. The number of halogens is 3. The van der Waals surface area contributed by atoms with E-state index in [2.05, 4.69) is 0 Å². The minimum atomic E-state index is -4.29. The predicted octanol–water partition coefficient (Wildman–Crippen LogP) is 2.70. The van der Waals surface area contributed by atoms with E-state index in [0.29, 0.717) is 31.9 Å². The largest absolute Gasteiger partial charge is 0.446 e. The van der Waals surface area contributed by atoms with Crippen LogP contribution in [0.15, 0.2) is 29.2 Å². The summed E-state index contributed by atoms with van der Waals surface area (Å²) in [6, 6.07) is 5.90. The summed E-state index contributed by atoms with van der Waals surface area (Å²) in [5, 5.41) is 0. The van der Waals surface area contributed by atoms with Crippen LogP contribution < -0.4 is 0 Å². The van der Waals surface area contributed by atoms with E-state index in [1.54, 1.807) is 17.0 Å². The summed E-state index contributed by atoms with van der Waals surface area (Å²) >= 11 is -0.155. The van der Waals surface area contributed by atoms with Gasteiger partial charge in [0.25, 0.3) is 0 Å². The van der Waals surface area contributed by atoms with Crippen LogP contribution in [0.5, 0.6) is 0 Å². The minimum Gasteiger partial charge on any atom is -0.378 e. The van der Waals surface area contributed by atoms with E-state index in [9.17, 15) is 18.0 Å². The van der Waals surface area contributed by atoms with Crippen molar-refractivity contribution in [3.05, 3.63) is 29.8 Å². The number of carbonyl (C=O) groups excluding carboxylic acids is 1. The highest BCUT2D eigenvalue weighted by Crippen LogP contribution is 2.36. The van der Waals surface area contributed by atoms with E-state index in [4.69, 9.17) is 4.74 Å². The van der Waals surface area contributed by atoms with Crippen molar-refractivity contribution in [3.8, 4) is 0 Å². The molecule has 1 aliphatic rings. The first-order chi connectivity index (χ1) is 9.44. The summed E-state index contributed by atoms with van der Waals surface area (Å²) in [7, 11) is 0. The average molecular weight is 305 g/mol. The van der Waals surface area contributed by atoms with Crippen LogP contribution in [0, 0.1) is 0 Å². The van der Waals surface area contributed by atoms with Gasteiger partial charge in [0, 0.05) is 18.0 Å². The second kappa shape index (κ2) is 6.49. The lowest BCUT2D eigenvalue weighted by Crippen LogP contribution is -2.41. The van der Waals surface area contributed by atoms with Crippen molar-refractivity contribution >= 4 is 17.7 Å². The lowest BCUT2D eigenvalue weighted by molar-refractivity contribution is -0.134. The fourth-order valence-electron chi connectivity index (χ4n) is 1.91. The third-order valence-electron chi connectivity index (χ3n) is 2.88. The zero-order chi connectivity index (χ0) is 14.6. The first-order valence-corrected chi connectivity index (χ1v) is 6.96. The molecular weight excluding hydrogens is 291 g/mol. The SMILES string of the molecule is O=C(Cc1ccc(SC(F)(F)F)cc1)N1CCOCC1. The van der Waals surface area contributed by atoms with Gasteiger partial charge >= 0.3 is 5.51 Å². The molecule has 0 spiro atoms. The fraction of sp³-hybridized carbons (Fsp3) is 0.462. The van der Waals surface area contributed by atoms with Crippen molar-refractivity contribution in [1.29, 1.82) is 0 Å². The molecule has 20 heavy (non-hydrogen) atoms. The summed E-state index contributed by atoms with van der Waals surface area (Å²) in [6.07, 6.45) is 0.205. The van der Waals surface area contributed by atoms with Gasteiger partial charge in [-0.1, -0.05) is 12.1 Å². The van der Waals surface area contributed by atoms with Crippen LogP contribution in [0.4, 0.5) is 13.2 Å². The Morgan fingerprint density at radius 1 is 1.20 bits per heavy atom. The molecule has 7 heteroatoms. The van der Waals surface area contributed by atoms with Crippen molar-refractivity contribution < 1.29 is 22.7 Å². The molecule has 1 aromatic rings. The van der Waals surface area contributed by atoms with E-state index in [1.165, 1.54) is 12.1 Å². The molecule has 1 heterocycles. The van der Waals surface area contributed by atoms with Gasteiger partial charge in [-0.05, 0) is 29.5 Å². The second-order valence-electron chi connectivity index (χ2n) is 4.36. The number of ether oxygens (including phenoxy) is 1. The van der Waals surface area contributed by atoms with E-state index < -0.39 is 5.51 Å². The molecule has 1 fully saturated rings. The molecule has 0 unspecified atom stereocenters. The lowest BCUT2D eigenvalue weighted by Gasteiger charge is -2.26. The van der Waals surface area contributed by atoms with Crippen LogP contribution in [0.25, 0.3) is 0 Å². The first-order valence-electron chi connectivity index (χ1n) is 6.14. The van der Waals surface area contributed by atoms with E-state index in [-0.39, 0.29) is 29.0 Å². The summed E-state index contributed by atoms with van der Waals surface area (Å²) in [6.45, 7) is 2.21. The average Bonchev–Trinajstić information content (AvgIpc) is 2.40. The number of alkyl halides is 3. The van der Waals surface area contributed by atoms with Gasteiger partial charge in [0.1, 0.15) is 0 Å². The topological polar surface area (TPSA) is 29.5 Å². The number of thioether (sulfide) groups is 1. The Kier molecular flexibility index (Phi) is 4.93. The van der Waals surface area contributed by atoms with Gasteiger partial charge < -0.3 is 9.64 Å². The third kappa shape index (κ3) is 4.72. The molecule has 1 aliphatic heterocycles. The van der Waals surface area contributed by atoms with Crippen molar-refractivity contribution in [3.63, 3.8) is 0 Å². The van der Waals surface area contributed by atoms with Crippen LogP contribution in [-0.2, 0) is 16.0 Å². The Morgan fingerprint density at radius 2 is 1.80 bits per heavy atom. The molecule has 1 amide bonds. The summed E-state index contributed by atoms with van der Waals surface area (Å²) in [4.78, 5) is 13.8. The third-order valence-corrected chi connectivity index (χ3v) is 3.62. The number of carbonyl (C=O) groups is 1. The van der Waals surface area contributed by atoms with Gasteiger partial charge in [0.15, 0.2) is 0 Å². The van der Waals surface area contributed by atoms with Crippen LogP contribution in [0.1, 0.15) is 5.56 Å². The first kappa shape index (κ1) is 15.2. The van der Waals surface area contributed by atoms with Gasteiger partial charge in [-0.15, -0.1) is 0 Å². The maximum absolute atomic E-state index is 12.2. The number of hydrogen-bond acceptors (Lipinski definition) is 3. The molecule has 0 bridgehead atoms. The monoisotopic (exact) mass is 305 g/mol. The molecule has 2 rings (SSSR count). The number of rotatable bonds is 3. The number of morpholine rings is 1. The van der Waals surface area contributed by atoms with Crippen LogP contribution in [-0.4, -0.2) is 42.6 Å². The van der Waals surface area contributed by atoms with Crippen molar-refractivity contribution in [1.82, 2.24) is 4.90 Å². The normalized spacial score (nSPS) is 16.2. The highest BCUT2D eigenvalue weighted by atomic mass is 32.2. The molecule has 0 N–H and O–H groups in total. The molecule has 3 nitrogen and oxygen atoms in total. The van der Waals surface area contributed by atoms with E-state index in [1.807, 2.05) is 0 Å². The van der Waals surface area contributed by atoms with E-state index >= 15 is 0 Å². The molecule has 0 aromatic heterocycles. The molecule has 0 radical (unpaired) electrons. The number of nitrogens with zero attached hydrogens (tertiary/aromatic N) is 1. The Balaban J connectivity index is 1.91. The Bertz CT molecular complexity index is 456. The fourth-order valence-corrected chi connectivity index (χ4v) is 2.45. The molecule has 110 valence electrons. The van der Waals surface area contributed by atoms with Crippen LogP contribution >= 0.6 is 11.8 Å². The molecular formula is C13H14F3NO2S. The maximum Gasteiger partial charge on any atom is 0.446 e. The highest BCUT2D eigenvalue weighted by molar-refractivity contribution is 8.00. The Hall–Kier alpha value is -1.21. The number of hydrogen-bond donors (Lipinski definition) is 0. The standard InChI is InChI=1S/C13H14F3NO2S/c14-13(15,16)20-11-3-1-10(2-4-11)9-12(18)17-5-7-19-8-6-17/h1-4H,5-9H2. The van der Waals surface area contributed by atoms with Gasteiger partial charge in [-0.3, -0.25) is 4.79 Å². The molecule has 1 aromatic carbocycles. The summed E-state index contributed by atoms with van der Waals surface area (Å²) in [5.74, 6) is -0.0236. The number of amides is 1. The maximum atomic E-state index is 12.2. The molecule has 0 aliphatic carbocycles. The highest BCUT2D eigenvalue weighted by Gasteiger charge is 2.29. The molecule has 1 saturated heterocycles. The lowest BCUT2D eigenvalue weighted by atomic mass is 10.1. The van der Waals surface area contributed by atoms with Crippen molar-refractivity contribution in [2.45, 2.75) is 16.8 Å². The smallest absolute Gasteiger partial charge is 0.378 e. The van der Waals surface area contributed by atoms with Gasteiger partial charge in [0.05, 0.1) is 19.6 Å². The van der Waals surface area contributed by atoms with E-state index in [0.717, 1.165) is 0 Å². The van der Waals surface area contributed by atoms with Crippen molar-refractivity contribution in [2.24, 2.45) is 0 Å². The second-order valence-corrected chi connectivity index (χ2v) is 5.50.